The first-order chi connectivity index (χ1) is 12.1. The highest BCUT2D eigenvalue weighted by Gasteiger charge is 2.25. The van der Waals surface area contributed by atoms with Gasteiger partial charge >= 0.3 is 0 Å². The summed E-state index contributed by atoms with van der Waals surface area (Å²) < 4.78 is 0. The maximum Gasteiger partial charge on any atom is 0.254 e. The summed E-state index contributed by atoms with van der Waals surface area (Å²) in [5.41, 5.74) is 1.81. The molecule has 1 aromatic carbocycles. The van der Waals surface area contributed by atoms with Crippen LogP contribution in [0, 0.1) is 6.92 Å². The topological polar surface area (TPSA) is 43.9 Å². The Bertz CT molecular complexity index is 601. The van der Waals surface area contributed by atoms with Crippen LogP contribution >= 0.6 is 0 Å². The Morgan fingerprint density at radius 3 is 2.12 bits per heavy atom. The fourth-order valence-electron chi connectivity index (χ4n) is 3.70. The van der Waals surface area contributed by atoms with Gasteiger partial charge in [0.1, 0.15) is 0 Å². The summed E-state index contributed by atoms with van der Waals surface area (Å²) in [5, 5.41) is 0. The average molecular weight is 343 g/mol. The minimum atomic E-state index is 0.108. The number of benzene rings is 1. The van der Waals surface area contributed by atoms with Crippen molar-refractivity contribution in [2.45, 2.75) is 32.6 Å². The molecule has 1 aromatic rings. The molecule has 2 amide bonds. The molecule has 0 aliphatic carbocycles. The number of amides is 2. The van der Waals surface area contributed by atoms with Crippen LogP contribution in [0.25, 0.3) is 0 Å². The molecule has 0 atom stereocenters. The zero-order valence-corrected chi connectivity index (χ0v) is 15.2. The fourth-order valence-corrected chi connectivity index (χ4v) is 3.70. The standard InChI is InChI=1S/C20H29N3O2/c1-17-8-4-5-9-18(17)20(25)23-14-12-21(13-15-23)16-19(24)22-10-6-2-3-7-11-22/h4-5,8-9H,2-3,6-7,10-16H2,1H3. The lowest BCUT2D eigenvalue weighted by atomic mass is 10.1. The highest BCUT2D eigenvalue weighted by molar-refractivity contribution is 5.95. The van der Waals surface area contributed by atoms with Crippen LogP contribution in [0.1, 0.15) is 41.6 Å². The Hall–Kier alpha value is -1.88. The van der Waals surface area contributed by atoms with E-state index in [1.54, 1.807) is 0 Å². The normalized spacial score (nSPS) is 19.6. The van der Waals surface area contributed by atoms with Crippen molar-refractivity contribution in [2.75, 3.05) is 45.8 Å². The predicted molar refractivity (Wildman–Crippen MR) is 98.6 cm³/mol. The zero-order chi connectivity index (χ0) is 17.6. The third-order valence-corrected chi connectivity index (χ3v) is 5.35. The van der Waals surface area contributed by atoms with E-state index in [-0.39, 0.29) is 11.8 Å². The second kappa shape index (κ2) is 8.48. The van der Waals surface area contributed by atoms with E-state index < -0.39 is 0 Å². The third-order valence-electron chi connectivity index (χ3n) is 5.35. The summed E-state index contributed by atoms with van der Waals surface area (Å²) in [6, 6.07) is 7.74. The number of nitrogens with zero attached hydrogens (tertiary/aromatic N) is 3. The third kappa shape index (κ3) is 4.60. The molecule has 2 heterocycles. The molecule has 0 unspecified atom stereocenters. The second-order valence-electron chi connectivity index (χ2n) is 7.18. The van der Waals surface area contributed by atoms with Crippen LogP contribution in [-0.4, -0.2) is 72.3 Å². The summed E-state index contributed by atoms with van der Waals surface area (Å²) in [6.45, 7) is 7.22. The fraction of sp³-hybridized carbons (Fsp3) is 0.600. The first-order valence-electron chi connectivity index (χ1n) is 9.50. The van der Waals surface area contributed by atoms with Crippen LogP contribution in [0.2, 0.25) is 0 Å². The van der Waals surface area contributed by atoms with E-state index in [0.29, 0.717) is 19.6 Å². The Morgan fingerprint density at radius 1 is 0.840 bits per heavy atom. The zero-order valence-electron chi connectivity index (χ0n) is 15.2. The molecule has 0 saturated carbocycles. The highest BCUT2D eigenvalue weighted by atomic mass is 16.2. The van der Waals surface area contributed by atoms with E-state index in [4.69, 9.17) is 0 Å². The maximum absolute atomic E-state index is 12.7. The van der Waals surface area contributed by atoms with E-state index in [2.05, 4.69) is 4.90 Å². The van der Waals surface area contributed by atoms with Crippen molar-refractivity contribution in [3.05, 3.63) is 35.4 Å². The molecule has 5 heteroatoms. The number of aryl methyl sites for hydroxylation is 1. The summed E-state index contributed by atoms with van der Waals surface area (Å²) in [5.74, 6) is 0.358. The van der Waals surface area contributed by atoms with Gasteiger partial charge in [-0.3, -0.25) is 14.5 Å². The first kappa shape index (κ1) is 17.9. The van der Waals surface area contributed by atoms with Gasteiger partial charge in [0.05, 0.1) is 6.54 Å². The molecule has 25 heavy (non-hydrogen) atoms. The number of carbonyl (C=O) groups excluding carboxylic acids is 2. The molecule has 0 radical (unpaired) electrons. The van der Waals surface area contributed by atoms with Gasteiger partial charge in [-0.2, -0.15) is 0 Å². The summed E-state index contributed by atoms with van der Waals surface area (Å²) in [6.07, 6.45) is 4.74. The van der Waals surface area contributed by atoms with E-state index in [1.165, 1.54) is 12.8 Å². The van der Waals surface area contributed by atoms with Crippen LogP contribution in [0.15, 0.2) is 24.3 Å². The smallest absolute Gasteiger partial charge is 0.254 e. The molecular weight excluding hydrogens is 314 g/mol. The summed E-state index contributed by atoms with van der Waals surface area (Å²) >= 11 is 0. The van der Waals surface area contributed by atoms with Crippen molar-refractivity contribution in [1.29, 1.82) is 0 Å². The molecule has 0 aromatic heterocycles. The largest absolute Gasteiger partial charge is 0.342 e. The van der Waals surface area contributed by atoms with Gasteiger partial charge < -0.3 is 9.80 Å². The number of hydrogen-bond acceptors (Lipinski definition) is 3. The van der Waals surface area contributed by atoms with Gasteiger partial charge in [0, 0.05) is 44.8 Å². The molecule has 2 aliphatic rings. The lowest BCUT2D eigenvalue weighted by Gasteiger charge is -2.35. The van der Waals surface area contributed by atoms with Gasteiger partial charge in [-0.15, -0.1) is 0 Å². The molecule has 3 rings (SSSR count). The van der Waals surface area contributed by atoms with E-state index in [9.17, 15) is 9.59 Å². The first-order valence-corrected chi connectivity index (χ1v) is 9.50. The summed E-state index contributed by atoms with van der Waals surface area (Å²) in [4.78, 5) is 31.3. The van der Waals surface area contributed by atoms with Crippen molar-refractivity contribution >= 4 is 11.8 Å². The number of rotatable bonds is 3. The Balaban J connectivity index is 1.49. The lowest BCUT2D eigenvalue weighted by Crippen LogP contribution is -2.51. The van der Waals surface area contributed by atoms with Crippen LogP contribution in [0.5, 0.6) is 0 Å². The van der Waals surface area contributed by atoms with Crippen LogP contribution in [0.4, 0.5) is 0 Å². The molecule has 0 N–H and O–H groups in total. The van der Waals surface area contributed by atoms with Crippen molar-refractivity contribution in [2.24, 2.45) is 0 Å². The number of carbonyl (C=O) groups is 2. The van der Waals surface area contributed by atoms with Crippen LogP contribution < -0.4 is 0 Å². The Labute approximate surface area is 150 Å². The monoisotopic (exact) mass is 343 g/mol. The van der Waals surface area contributed by atoms with Crippen molar-refractivity contribution in [3.63, 3.8) is 0 Å². The van der Waals surface area contributed by atoms with Gasteiger partial charge in [0.25, 0.3) is 5.91 Å². The number of likely N-dealkylation sites (tertiary alicyclic amines) is 1. The second-order valence-corrected chi connectivity index (χ2v) is 7.18. The van der Waals surface area contributed by atoms with Crippen molar-refractivity contribution in [3.8, 4) is 0 Å². The minimum absolute atomic E-state index is 0.108. The van der Waals surface area contributed by atoms with Gasteiger partial charge in [0.15, 0.2) is 0 Å². The van der Waals surface area contributed by atoms with Gasteiger partial charge in [-0.1, -0.05) is 31.0 Å². The van der Waals surface area contributed by atoms with Gasteiger partial charge in [0.2, 0.25) is 5.91 Å². The molecule has 2 saturated heterocycles. The molecule has 2 fully saturated rings. The van der Waals surface area contributed by atoms with Crippen LogP contribution in [-0.2, 0) is 4.79 Å². The minimum Gasteiger partial charge on any atom is -0.342 e. The molecule has 0 spiro atoms. The molecule has 136 valence electrons. The molecule has 0 bridgehead atoms. The molecule has 5 nitrogen and oxygen atoms in total. The van der Waals surface area contributed by atoms with Crippen LogP contribution in [0.3, 0.4) is 0 Å². The van der Waals surface area contributed by atoms with Crippen molar-refractivity contribution < 1.29 is 9.59 Å². The molecular formula is C20H29N3O2. The summed E-state index contributed by atoms with van der Waals surface area (Å²) in [7, 11) is 0. The van der Waals surface area contributed by atoms with E-state index in [0.717, 1.165) is 50.1 Å². The van der Waals surface area contributed by atoms with E-state index in [1.807, 2.05) is 41.0 Å². The number of piperazine rings is 1. The van der Waals surface area contributed by atoms with Gasteiger partial charge in [-0.25, -0.2) is 0 Å². The highest BCUT2D eigenvalue weighted by Crippen LogP contribution is 2.14. The number of hydrogen-bond donors (Lipinski definition) is 0. The Morgan fingerprint density at radius 2 is 1.48 bits per heavy atom. The van der Waals surface area contributed by atoms with E-state index >= 15 is 0 Å². The molecule has 2 aliphatic heterocycles. The van der Waals surface area contributed by atoms with Crippen molar-refractivity contribution in [1.82, 2.24) is 14.7 Å². The SMILES string of the molecule is Cc1ccccc1C(=O)N1CCN(CC(=O)N2CCCCCC2)CC1. The van der Waals surface area contributed by atoms with Gasteiger partial charge in [-0.05, 0) is 31.4 Å². The average Bonchev–Trinajstić information content (AvgIpc) is 2.92. The Kier molecular flexibility index (Phi) is 6.08. The quantitative estimate of drug-likeness (QED) is 0.845. The predicted octanol–water partition coefficient (Wildman–Crippen LogP) is 2.16. The maximum atomic E-state index is 12.7. The lowest BCUT2D eigenvalue weighted by molar-refractivity contribution is -0.132.